The first-order chi connectivity index (χ1) is 8.25. The maximum Gasteiger partial charge on any atom is 0.0591 e. The molecule has 2 nitrogen and oxygen atoms in total. The van der Waals surface area contributed by atoms with Crippen molar-refractivity contribution in [2.45, 2.75) is 25.8 Å². The van der Waals surface area contributed by atoms with E-state index in [9.17, 15) is 0 Å². The van der Waals surface area contributed by atoms with E-state index in [2.05, 4.69) is 52.4 Å². The molecule has 2 rings (SSSR count). The van der Waals surface area contributed by atoms with Gasteiger partial charge in [-0.05, 0) is 43.4 Å². The van der Waals surface area contributed by atoms with E-state index in [4.69, 9.17) is 4.74 Å². The molecule has 1 aliphatic rings. The van der Waals surface area contributed by atoms with Gasteiger partial charge < -0.3 is 10.1 Å². The highest BCUT2D eigenvalue weighted by Gasteiger charge is 2.20. The van der Waals surface area contributed by atoms with Gasteiger partial charge in [0, 0.05) is 23.7 Å². The summed E-state index contributed by atoms with van der Waals surface area (Å²) in [5.74, 6) is 0.860. The van der Waals surface area contributed by atoms with Crippen LogP contribution in [-0.4, -0.2) is 19.8 Å². The third-order valence-corrected chi connectivity index (χ3v) is 3.65. The molecule has 0 aromatic heterocycles. The van der Waals surface area contributed by atoms with Gasteiger partial charge in [0.25, 0.3) is 0 Å². The Labute approximate surface area is 112 Å². The highest BCUT2D eigenvalue weighted by Crippen LogP contribution is 2.28. The van der Waals surface area contributed by atoms with Crippen LogP contribution in [0.4, 0.5) is 0 Å². The van der Waals surface area contributed by atoms with Crippen LogP contribution < -0.4 is 5.32 Å². The van der Waals surface area contributed by atoms with Crippen LogP contribution in [0, 0.1) is 5.92 Å². The first-order valence-electron chi connectivity index (χ1n) is 6.32. The first kappa shape index (κ1) is 13.1. The van der Waals surface area contributed by atoms with Gasteiger partial charge in [-0.15, -0.1) is 0 Å². The molecule has 94 valence electrons. The quantitative estimate of drug-likeness (QED) is 0.778. The molecule has 0 saturated heterocycles. The second kappa shape index (κ2) is 6.53. The lowest BCUT2D eigenvalue weighted by atomic mass is 10.1. The van der Waals surface area contributed by atoms with E-state index in [1.807, 2.05) is 0 Å². The summed E-state index contributed by atoms with van der Waals surface area (Å²) in [6.07, 6.45) is 2.73. The van der Waals surface area contributed by atoms with E-state index < -0.39 is 0 Å². The molecule has 0 bridgehead atoms. The average Bonchev–Trinajstić information content (AvgIpc) is 3.13. The van der Waals surface area contributed by atoms with Crippen molar-refractivity contribution in [2.24, 2.45) is 5.92 Å². The van der Waals surface area contributed by atoms with Gasteiger partial charge in [-0.25, -0.2) is 0 Å². The van der Waals surface area contributed by atoms with Crippen LogP contribution in [0.15, 0.2) is 28.7 Å². The molecule has 0 amide bonds. The Balaban J connectivity index is 1.62. The van der Waals surface area contributed by atoms with E-state index in [0.717, 1.165) is 30.1 Å². The molecule has 1 fully saturated rings. The van der Waals surface area contributed by atoms with Gasteiger partial charge in [-0.2, -0.15) is 0 Å². The Bertz CT molecular complexity index is 335. The van der Waals surface area contributed by atoms with Crippen molar-refractivity contribution in [3.63, 3.8) is 0 Å². The topological polar surface area (TPSA) is 21.3 Å². The third kappa shape index (κ3) is 4.78. The molecular weight excluding hydrogens is 278 g/mol. The number of rotatable bonds is 7. The largest absolute Gasteiger partial charge is 0.380 e. The van der Waals surface area contributed by atoms with Crippen LogP contribution in [0.2, 0.25) is 0 Å². The van der Waals surface area contributed by atoms with Crippen molar-refractivity contribution in [2.75, 3.05) is 19.8 Å². The van der Waals surface area contributed by atoms with Gasteiger partial charge in [0.15, 0.2) is 0 Å². The van der Waals surface area contributed by atoms with Crippen molar-refractivity contribution in [1.82, 2.24) is 5.32 Å². The van der Waals surface area contributed by atoms with Crippen LogP contribution in [0.1, 0.15) is 31.4 Å². The van der Waals surface area contributed by atoms with E-state index in [1.165, 1.54) is 18.4 Å². The summed E-state index contributed by atoms with van der Waals surface area (Å²) in [5, 5.41) is 3.47. The molecule has 0 aliphatic heterocycles. The molecule has 0 radical (unpaired) electrons. The standard InChI is InChI=1S/C14H20BrNO/c1-11(13-4-6-14(15)7-5-13)16-8-9-17-10-12-2-3-12/h4-7,11-12,16H,2-3,8-10H2,1H3. The molecule has 17 heavy (non-hydrogen) atoms. The van der Waals surface area contributed by atoms with Gasteiger partial charge in [-0.3, -0.25) is 0 Å². The number of halogens is 1. The molecule has 1 atom stereocenters. The van der Waals surface area contributed by atoms with E-state index >= 15 is 0 Å². The van der Waals surface area contributed by atoms with Crippen molar-refractivity contribution in [3.8, 4) is 0 Å². The Morgan fingerprint density at radius 1 is 1.35 bits per heavy atom. The van der Waals surface area contributed by atoms with Crippen LogP contribution >= 0.6 is 15.9 Å². The van der Waals surface area contributed by atoms with Crippen LogP contribution in [0.3, 0.4) is 0 Å². The number of benzene rings is 1. The van der Waals surface area contributed by atoms with E-state index in [1.54, 1.807) is 0 Å². The van der Waals surface area contributed by atoms with Gasteiger partial charge in [0.05, 0.1) is 6.61 Å². The summed E-state index contributed by atoms with van der Waals surface area (Å²) in [5.41, 5.74) is 1.32. The highest BCUT2D eigenvalue weighted by atomic mass is 79.9. The maximum absolute atomic E-state index is 5.59. The third-order valence-electron chi connectivity index (χ3n) is 3.12. The molecule has 3 heteroatoms. The molecule has 0 spiro atoms. The van der Waals surface area contributed by atoms with Crippen LogP contribution in [-0.2, 0) is 4.74 Å². The summed E-state index contributed by atoms with van der Waals surface area (Å²) in [6.45, 7) is 4.87. The summed E-state index contributed by atoms with van der Waals surface area (Å²) in [6, 6.07) is 8.83. The summed E-state index contributed by atoms with van der Waals surface area (Å²) in [4.78, 5) is 0. The number of hydrogen-bond acceptors (Lipinski definition) is 2. The molecule has 0 heterocycles. The van der Waals surface area contributed by atoms with E-state index in [-0.39, 0.29) is 0 Å². The average molecular weight is 298 g/mol. The lowest BCUT2D eigenvalue weighted by Crippen LogP contribution is -2.23. The fourth-order valence-electron chi connectivity index (χ4n) is 1.75. The normalized spacial score (nSPS) is 17.1. The fourth-order valence-corrected chi connectivity index (χ4v) is 2.02. The van der Waals surface area contributed by atoms with Gasteiger partial charge in [0.1, 0.15) is 0 Å². The molecule has 1 saturated carbocycles. The zero-order valence-corrected chi connectivity index (χ0v) is 11.9. The fraction of sp³-hybridized carbons (Fsp3) is 0.571. The van der Waals surface area contributed by atoms with E-state index in [0.29, 0.717) is 6.04 Å². The smallest absolute Gasteiger partial charge is 0.0591 e. The molecular formula is C14H20BrNO. The minimum Gasteiger partial charge on any atom is -0.380 e. The lowest BCUT2D eigenvalue weighted by Gasteiger charge is -2.14. The summed E-state index contributed by atoms with van der Waals surface area (Å²) >= 11 is 3.45. The Hall–Kier alpha value is -0.380. The molecule has 1 N–H and O–H groups in total. The van der Waals surface area contributed by atoms with Gasteiger partial charge in [0.2, 0.25) is 0 Å². The number of nitrogens with one attached hydrogen (secondary N) is 1. The van der Waals surface area contributed by atoms with Crippen molar-refractivity contribution >= 4 is 15.9 Å². The van der Waals surface area contributed by atoms with Crippen LogP contribution in [0.25, 0.3) is 0 Å². The SMILES string of the molecule is CC(NCCOCC1CC1)c1ccc(Br)cc1. The number of ether oxygens (including phenoxy) is 1. The predicted molar refractivity (Wildman–Crippen MR) is 74.1 cm³/mol. The Morgan fingerprint density at radius 2 is 2.06 bits per heavy atom. The van der Waals surface area contributed by atoms with Crippen molar-refractivity contribution in [1.29, 1.82) is 0 Å². The highest BCUT2D eigenvalue weighted by molar-refractivity contribution is 9.10. The van der Waals surface area contributed by atoms with Crippen molar-refractivity contribution < 1.29 is 4.74 Å². The summed E-state index contributed by atoms with van der Waals surface area (Å²) < 4.78 is 6.72. The minimum atomic E-state index is 0.382. The van der Waals surface area contributed by atoms with Crippen LogP contribution in [0.5, 0.6) is 0 Å². The zero-order valence-electron chi connectivity index (χ0n) is 10.3. The number of hydrogen-bond donors (Lipinski definition) is 1. The Morgan fingerprint density at radius 3 is 2.71 bits per heavy atom. The monoisotopic (exact) mass is 297 g/mol. The molecule has 1 aliphatic carbocycles. The first-order valence-corrected chi connectivity index (χ1v) is 7.11. The second-order valence-corrected chi connectivity index (χ2v) is 5.66. The minimum absolute atomic E-state index is 0.382. The van der Waals surface area contributed by atoms with Crippen molar-refractivity contribution in [3.05, 3.63) is 34.3 Å². The molecule has 1 unspecified atom stereocenters. The maximum atomic E-state index is 5.59. The summed E-state index contributed by atoms with van der Waals surface area (Å²) in [7, 11) is 0. The molecule has 1 aromatic rings. The Kier molecular flexibility index (Phi) is 5.01. The second-order valence-electron chi connectivity index (χ2n) is 4.75. The van der Waals surface area contributed by atoms with Gasteiger partial charge in [-0.1, -0.05) is 28.1 Å². The predicted octanol–water partition coefficient (Wildman–Crippen LogP) is 3.53. The van der Waals surface area contributed by atoms with Gasteiger partial charge >= 0.3 is 0 Å². The lowest BCUT2D eigenvalue weighted by molar-refractivity contribution is 0.124. The zero-order chi connectivity index (χ0) is 12.1. The molecule has 1 aromatic carbocycles.